The number of carbonyl (C=O) groups is 2. The maximum Gasteiger partial charge on any atom is 0.407 e. The van der Waals surface area contributed by atoms with E-state index in [4.69, 9.17) is 9.47 Å². The number of esters is 1. The fourth-order valence-corrected chi connectivity index (χ4v) is 1.67. The lowest BCUT2D eigenvalue weighted by atomic mass is 10.2. The molecule has 0 radical (unpaired) electrons. The molecular weight excluding hydrogens is 296 g/mol. The van der Waals surface area contributed by atoms with Gasteiger partial charge in [0.25, 0.3) is 0 Å². The quantitative estimate of drug-likeness (QED) is 0.643. The number of rotatable bonds is 6. The van der Waals surface area contributed by atoms with E-state index in [2.05, 4.69) is 10.3 Å². The number of hydrogen-bond acceptors (Lipinski definition) is 5. The Balaban J connectivity index is 2.42. The van der Waals surface area contributed by atoms with Crippen molar-refractivity contribution in [3.8, 4) is 0 Å². The van der Waals surface area contributed by atoms with E-state index in [9.17, 15) is 9.59 Å². The summed E-state index contributed by atoms with van der Waals surface area (Å²) in [5, 5.41) is 2.67. The fourth-order valence-electron chi connectivity index (χ4n) is 1.67. The smallest absolute Gasteiger partial charge is 0.407 e. The molecule has 6 nitrogen and oxygen atoms in total. The molecule has 0 aliphatic heterocycles. The van der Waals surface area contributed by atoms with Crippen molar-refractivity contribution in [2.75, 3.05) is 13.2 Å². The molecular formula is C17H24N2O4. The van der Waals surface area contributed by atoms with Crippen molar-refractivity contribution in [2.24, 2.45) is 0 Å². The van der Waals surface area contributed by atoms with Gasteiger partial charge in [-0.15, -0.1) is 0 Å². The zero-order chi connectivity index (χ0) is 17.3. The average Bonchev–Trinajstić information content (AvgIpc) is 2.45. The van der Waals surface area contributed by atoms with Crippen LogP contribution in [0, 0.1) is 0 Å². The van der Waals surface area contributed by atoms with Crippen molar-refractivity contribution in [3.05, 3.63) is 35.7 Å². The van der Waals surface area contributed by atoms with Crippen LogP contribution in [0.2, 0.25) is 0 Å². The van der Waals surface area contributed by atoms with Crippen molar-refractivity contribution in [1.29, 1.82) is 0 Å². The second-order valence-corrected chi connectivity index (χ2v) is 5.85. The molecule has 0 atom stereocenters. The van der Waals surface area contributed by atoms with E-state index in [1.807, 2.05) is 32.9 Å². The van der Waals surface area contributed by atoms with Gasteiger partial charge in [-0.25, -0.2) is 9.59 Å². The van der Waals surface area contributed by atoms with E-state index in [1.54, 1.807) is 19.2 Å². The topological polar surface area (TPSA) is 77.5 Å². The van der Waals surface area contributed by atoms with E-state index < -0.39 is 11.7 Å². The number of alkyl carbamates (subject to hydrolysis) is 1. The van der Waals surface area contributed by atoms with Gasteiger partial charge in [-0.05, 0) is 45.7 Å². The predicted octanol–water partition coefficient (Wildman–Crippen LogP) is 3.19. The molecule has 0 aliphatic carbocycles. The number of ether oxygens (including phenoxy) is 2. The van der Waals surface area contributed by atoms with Crippen LogP contribution < -0.4 is 5.32 Å². The van der Waals surface area contributed by atoms with Gasteiger partial charge in [0.2, 0.25) is 0 Å². The molecule has 0 spiro atoms. The van der Waals surface area contributed by atoms with Crippen LogP contribution >= 0.6 is 0 Å². The second-order valence-electron chi connectivity index (χ2n) is 5.85. The summed E-state index contributed by atoms with van der Waals surface area (Å²) in [5.74, 6) is -0.387. The first-order valence-electron chi connectivity index (χ1n) is 7.57. The van der Waals surface area contributed by atoms with Crippen molar-refractivity contribution in [2.45, 2.75) is 39.7 Å². The van der Waals surface area contributed by atoms with Gasteiger partial charge < -0.3 is 14.8 Å². The van der Waals surface area contributed by atoms with Crippen LogP contribution in [-0.2, 0) is 9.47 Å². The Bertz CT molecular complexity index is 562. The number of amides is 1. The molecule has 1 rings (SSSR count). The molecule has 1 N–H and O–H groups in total. The number of nitrogens with zero attached hydrogens (tertiary/aromatic N) is 1. The monoisotopic (exact) mass is 320 g/mol. The molecule has 1 aromatic rings. The Morgan fingerprint density at radius 2 is 2.04 bits per heavy atom. The van der Waals surface area contributed by atoms with E-state index >= 15 is 0 Å². The first kappa shape index (κ1) is 18.7. The van der Waals surface area contributed by atoms with Crippen molar-refractivity contribution >= 4 is 18.1 Å². The highest BCUT2D eigenvalue weighted by molar-refractivity contribution is 5.89. The molecule has 0 unspecified atom stereocenters. The maximum absolute atomic E-state index is 11.6. The molecule has 0 aromatic carbocycles. The molecule has 0 saturated carbocycles. The summed E-state index contributed by atoms with van der Waals surface area (Å²) in [7, 11) is 0. The predicted molar refractivity (Wildman–Crippen MR) is 88.1 cm³/mol. The highest BCUT2D eigenvalue weighted by Crippen LogP contribution is 2.08. The first-order valence-corrected chi connectivity index (χ1v) is 7.57. The standard InChI is InChI=1S/C17H24N2O4/c1-5-22-15(20)14-10-13(11-18-12-14)8-6-7-9-19-16(21)23-17(2,3)4/h6,8,10-12H,5,7,9H2,1-4H3,(H,19,21). The highest BCUT2D eigenvalue weighted by atomic mass is 16.6. The molecule has 1 heterocycles. The summed E-state index contributed by atoms with van der Waals surface area (Å²) < 4.78 is 10.1. The Morgan fingerprint density at radius 3 is 2.70 bits per heavy atom. The van der Waals surface area contributed by atoms with E-state index in [1.165, 1.54) is 6.20 Å². The second kappa shape index (κ2) is 8.92. The largest absolute Gasteiger partial charge is 0.462 e. The lowest BCUT2D eigenvalue weighted by molar-refractivity contribution is 0.0516. The number of hydrogen-bond donors (Lipinski definition) is 1. The van der Waals surface area contributed by atoms with Crippen LogP contribution in [0.5, 0.6) is 0 Å². The molecule has 0 aliphatic rings. The SMILES string of the molecule is CCOC(=O)c1cncc(C=CCCNC(=O)OC(C)(C)C)c1. The van der Waals surface area contributed by atoms with E-state index in [0.717, 1.165) is 5.56 Å². The van der Waals surface area contributed by atoms with Gasteiger partial charge in [0.15, 0.2) is 0 Å². The van der Waals surface area contributed by atoms with Gasteiger partial charge in [0.1, 0.15) is 5.60 Å². The third kappa shape index (κ3) is 7.99. The molecule has 0 saturated heterocycles. The third-order valence-electron chi connectivity index (χ3n) is 2.56. The average molecular weight is 320 g/mol. The Kier molecular flexibility index (Phi) is 7.25. The Morgan fingerprint density at radius 1 is 1.30 bits per heavy atom. The van der Waals surface area contributed by atoms with Crippen LogP contribution in [0.1, 0.15) is 50.0 Å². The van der Waals surface area contributed by atoms with E-state index in [0.29, 0.717) is 25.1 Å². The third-order valence-corrected chi connectivity index (χ3v) is 2.56. The van der Waals surface area contributed by atoms with Gasteiger partial charge in [-0.2, -0.15) is 0 Å². The molecule has 0 bridgehead atoms. The van der Waals surface area contributed by atoms with Crippen LogP contribution in [-0.4, -0.2) is 35.8 Å². The maximum atomic E-state index is 11.6. The lowest BCUT2D eigenvalue weighted by Crippen LogP contribution is -2.32. The Labute approximate surface area is 136 Å². The Hall–Kier alpha value is -2.37. The van der Waals surface area contributed by atoms with Crippen molar-refractivity contribution in [1.82, 2.24) is 10.3 Å². The minimum Gasteiger partial charge on any atom is -0.462 e. The lowest BCUT2D eigenvalue weighted by Gasteiger charge is -2.19. The van der Waals surface area contributed by atoms with Crippen LogP contribution in [0.25, 0.3) is 6.08 Å². The highest BCUT2D eigenvalue weighted by Gasteiger charge is 2.15. The summed E-state index contributed by atoms with van der Waals surface area (Å²) in [6.45, 7) is 8.00. The molecule has 126 valence electrons. The normalized spacial score (nSPS) is 11.3. The molecule has 1 aromatic heterocycles. The van der Waals surface area contributed by atoms with Crippen LogP contribution in [0.4, 0.5) is 4.79 Å². The van der Waals surface area contributed by atoms with Crippen LogP contribution in [0.15, 0.2) is 24.5 Å². The summed E-state index contributed by atoms with van der Waals surface area (Å²) in [6.07, 6.45) is 7.07. The van der Waals surface area contributed by atoms with Gasteiger partial charge >= 0.3 is 12.1 Å². The molecule has 0 fully saturated rings. The minimum atomic E-state index is -0.501. The number of pyridine rings is 1. The molecule has 23 heavy (non-hydrogen) atoms. The van der Waals surface area contributed by atoms with Gasteiger partial charge in [0.05, 0.1) is 12.2 Å². The summed E-state index contributed by atoms with van der Waals surface area (Å²) in [6, 6.07) is 1.71. The summed E-state index contributed by atoms with van der Waals surface area (Å²) >= 11 is 0. The van der Waals surface area contributed by atoms with Crippen molar-refractivity contribution < 1.29 is 19.1 Å². The first-order chi connectivity index (χ1) is 10.8. The van der Waals surface area contributed by atoms with Gasteiger partial charge in [-0.1, -0.05) is 12.2 Å². The van der Waals surface area contributed by atoms with Gasteiger partial charge in [-0.3, -0.25) is 4.98 Å². The number of carbonyl (C=O) groups excluding carboxylic acids is 2. The summed E-state index contributed by atoms with van der Waals surface area (Å²) in [4.78, 5) is 27.1. The molecule has 6 heteroatoms. The number of nitrogens with one attached hydrogen (secondary N) is 1. The van der Waals surface area contributed by atoms with Crippen molar-refractivity contribution in [3.63, 3.8) is 0 Å². The zero-order valence-corrected chi connectivity index (χ0v) is 14.1. The zero-order valence-electron chi connectivity index (χ0n) is 14.1. The number of aromatic nitrogens is 1. The van der Waals surface area contributed by atoms with Crippen LogP contribution in [0.3, 0.4) is 0 Å². The van der Waals surface area contributed by atoms with Gasteiger partial charge in [0, 0.05) is 18.9 Å². The summed E-state index contributed by atoms with van der Waals surface area (Å²) in [5.41, 5.74) is 0.716. The van der Waals surface area contributed by atoms with E-state index in [-0.39, 0.29) is 5.97 Å². The fraction of sp³-hybridized carbons (Fsp3) is 0.471. The molecule has 1 amide bonds. The minimum absolute atomic E-state index is 0.329.